The SMILES string of the molecule is NC(=O)C1CCCN(C(=O)c2cc(Br)ccc2F)C1. The second kappa shape index (κ2) is 5.69. The minimum atomic E-state index is -0.561. The topological polar surface area (TPSA) is 63.4 Å². The van der Waals surface area contributed by atoms with Gasteiger partial charge in [0.1, 0.15) is 5.82 Å². The molecule has 0 radical (unpaired) electrons. The van der Waals surface area contributed by atoms with E-state index < -0.39 is 17.6 Å². The van der Waals surface area contributed by atoms with E-state index in [-0.39, 0.29) is 18.0 Å². The maximum Gasteiger partial charge on any atom is 0.256 e. The highest BCUT2D eigenvalue weighted by molar-refractivity contribution is 9.10. The zero-order valence-electron chi connectivity index (χ0n) is 10.2. The quantitative estimate of drug-likeness (QED) is 0.901. The van der Waals surface area contributed by atoms with E-state index >= 15 is 0 Å². The van der Waals surface area contributed by atoms with E-state index in [9.17, 15) is 14.0 Å². The van der Waals surface area contributed by atoms with Crippen LogP contribution in [0.5, 0.6) is 0 Å². The fraction of sp³-hybridized carbons (Fsp3) is 0.385. The summed E-state index contributed by atoms with van der Waals surface area (Å²) in [5.74, 6) is -1.71. The Hall–Kier alpha value is -1.43. The lowest BCUT2D eigenvalue weighted by atomic mass is 9.97. The second-order valence-electron chi connectivity index (χ2n) is 4.62. The number of carbonyl (C=O) groups excluding carboxylic acids is 2. The molecule has 2 N–H and O–H groups in total. The molecule has 0 bridgehead atoms. The first kappa shape index (κ1) is 14.0. The monoisotopic (exact) mass is 328 g/mol. The lowest BCUT2D eigenvalue weighted by Gasteiger charge is -2.31. The number of nitrogens with zero attached hydrogens (tertiary/aromatic N) is 1. The summed E-state index contributed by atoms with van der Waals surface area (Å²) in [7, 11) is 0. The molecule has 0 saturated carbocycles. The van der Waals surface area contributed by atoms with Gasteiger partial charge in [-0.15, -0.1) is 0 Å². The van der Waals surface area contributed by atoms with Gasteiger partial charge in [0, 0.05) is 17.6 Å². The molecule has 0 aliphatic carbocycles. The van der Waals surface area contributed by atoms with Gasteiger partial charge in [0.2, 0.25) is 5.91 Å². The Morgan fingerprint density at radius 1 is 1.42 bits per heavy atom. The Bertz CT molecular complexity index is 521. The fourth-order valence-corrected chi connectivity index (χ4v) is 2.59. The van der Waals surface area contributed by atoms with Gasteiger partial charge in [0.25, 0.3) is 5.91 Å². The zero-order valence-corrected chi connectivity index (χ0v) is 11.8. The van der Waals surface area contributed by atoms with Crippen LogP contribution in [0.25, 0.3) is 0 Å². The molecule has 1 fully saturated rings. The average Bonchev–Trinajstić information content (AvgIpc) is 2.41. The first-order chi connectivity index (χ1) is 8.99. The molecular weight excluding hydrogens is 315 g/mol. The normalized spacial score (nSPS) is 19.3. The number of benzene rings is 1. The summed E-state index contributed by atoms with van der Waals surface area (Å²) in [6, 6.07) is 4.23. The third-order valence-electron chi connectivity index (χ3n) is 3.27. The molecule has 1 aliphatic rings. The maximum atomic E-state index is 13.7. The van der Waals surface area contributed by atoms with Gasteiger partial charge in [-0.25, -0.2) is 4.39 Å². The van der Waals surface area contributed by atoms with Crippen molar-refractivity contribution in [2.75, 3.05) is 13.1 Å². The molecule has 1 heterocycles. The van der Waals surface area contributed by atoms with Crippen molar-refractivity contribution in [2.24, 2.45) is 11.7 Å². The lowest BCUT2D eigenvalue weighted by Crippen LogP contribution is -2.44. The third kappa shape index (κ3) is 3.12. The molecule has 1 saturated heterocycles. The zero-order chi connectivity index (χ0) is 14.0. The van der Waals surface area contributed by atoms with Gasteiger partial charge in [-0.05, 0) is 31.0 Å². The van der Waals surface area contributed by atoms with E-state index in [1.165, 1.54) is 23.1 Å². The number of rotatable bonds is 2. The van der Waals surface area contributed by atoms with Crippen molar-refractivity contribution in [3.8, 4) is 0 Å². The van der Waals surface area contributed by atoms with Crippen molar-refractivity contribution in [1.82, 2.24) is 4.90 Å². The number of carbonyl (C=O) groups is 2. The molecule has 0 aromatic heterocycles. The lowest BCUT2D eigenvalue weighted by molar-refractivity contribution is -0.123. The Labute approximate surface area is 118 Å². The number of halogens is 2. The van der Waals surface area contributed by atoms with E-state index in [0.29, 0.717) is 23.9 Å². The van der Waals surface area contributed by atoms with Gasteiger partial charge in [-0.2, -0.15) is 0 Å². The predicted octanol–water partition coefficient (Wildman–Crippen LogP) is 1.93. The second-order valence-corrected chi connectivity index (χ2v) is 5.53. The van der Waals surface area contributed by atoms with E-state index in [4.69, 9.17) is 5.73 Å². The molecule has 4 nitrogen and oxygen atoms in total. The van der Waals surface area contributed by atoms with Crippen LogP contribution in [0.15, 0.2) is 22.7 Å². The van der Waals surface area contributed by atoms with E-state index in [0.717, 1.165) is 0 Å². The smallest absolute Gasteiger partial charge is 0.256 e. The fourth-order valence-electron chi connectivity index (χ4n) is 2.23. The van der Waals surface area contributed by atoms with Crippen LogP contribution in [-0.4, -0.2) is 29.8 Å². The number of likely N-dealkylation sites (tertiary alicyclic amines) is 1. The van der Waals surface area contributed by atoms with E-state index in [1.807, 2.05) is 0 Å². The summed E-state index contributed by atoms with van der Waals surface area (Å²) in [6.07, 6.45) is 1.38. The summed E-state index contributed by atoms with van der Waals surface area (Å²) in [4.78, 5) is 24.9. The summed E-state index contributed by atoms with van der Waals surface area (Å²) in [6.45, 7) is 0.786. The number of hydrogen-bond donors (Lipinski definition) is 1. The molecular formula is C13H14BrFN2O2. The van der Waals surface area contributed by atoms with Crippen LogP contribution >= 0.6 is 15.9 Å². The van der Waals surface area contributed by atoms with Crippen molar-refractivity contribution in [1.29, 1.82) is 0 Å². The van der Waals surface area contributed by atoms with Crippen molar-refractivity contribution >= 4 is 27.7 Å². The number of amides is 2. The van der Waals surface area contributed by atoms with Crippen LogP contribution in [0.3, 0.4) is 0 Å². The minimum Gasteiger partial charge on any atom is -0.369 e. The summed E-state index contributed by atoms with van der Waals surface area (Å²) < 4.78 is 14.3. The molecule has 1 unspecified atom stereocenters. The number of primary amides is 1. The molecule has 1 aromatic carbocycles. The van der Waals surface area contributed by atoms with Crippen molar-refractivity contribution in [3.63, 3.8) is 0 Å². The average molecular weight is 329 g/mol. The first-order valence-corrected chi connectivity index (χ1v) is 6.82. The van der Waals surface area contributed by atoms with E-state index in [1.54, 1.807) is 0 Å². The van der Waals surface area contributed by atoms with Crippen molar-refractivity contribution in [3.05, 3.63) is 34.1 Å². The van der Waals surface area contributed by atoms with Crippen molar-refractivity contribution < 1.29 is 14.0 Å². The van der Waals surface area contributed by atoms with Gasteiger partial charge in [-0.1, -0.05) is 15.9 Å². The van der Waals surface area contributed by atoms with Gasteiger partial charge in [-0.3, -0.25) is 9.59 Å². The molecule has 6 heteroatoms. The Balaban J connectivity index is 2.19. The molecule has 2 rings (SSSR count). The highest BCUT2D eigenvalue weighted by Gasteiger charge is 2.28. The number of piperidine rings is 1. The van der Waals surface area contributed by atoms with Crippen molar-refractivity contribution in [2.45, 2.75) is 12.8 Å². The molecule has 1 aromatic rings. The van der Waals surface area contributed by atoms with E-state index in [2.05, 4.69) is 15.9 Å². The molecule has 1 atom stereocenters. The predicted molar refractivity (Wildman–Crippen MR) is 71.9 cm³/mol. The Morgan fingerprint density at radius 2 is 2.16 bits per heavy atom. The number of nitrogens with two attached hydrogens (primary N) is 1. The van der Waals surface area contributed by atoms with Crippen LogP contribution in [0.2, 0.25) is 0 Å². The Morgan fingerprint density at radius 3 is 2.84 bits per heavy atom. The molecule has 1 aliphatic heterocycles. The highest BCUT2D eigenvalue weighted by atomic mass is 79.9. The first-order valence-electron chi connectivity index (χ1n) is 6.02. The number of hydrogen-bond acceptors (Lipinski definition) is 2. The minimum absolute atomic E-state index is 0.0134. The summed E-state index contributed by atoms with van der Waals surface area (Å²) in [5.41, 5.74) is 5.28. The molecule has 2 amide bonds. The standard InChI is InChI=1S/C13H14BrFN2O2/c14-9-3-4-11(15)10(6-9)13(19)17-5-1-2-8(7-17)12(16)18/h3-4,6,8H,1-2,5,7H2,(H2,16,18). The Kier molecular flexibility index (Phi) is 4.19. The summed E-state index contributed by atoms with van der Waals surface area (Å²) in [5, 5.41) is 0. The molecule has 19 heavy (non-hydrogen) atoms. The van der Waals surface area contributed by atoms with Gasteiger partial charge < -0.3 is 10.6 Å². The summed E-state index contributed by atoms with van der Waals surface area (Å²) >= 11 is 3.21. The molecule has 102 valence electrons. The van der Waals surface area contributed by atoms with Crippen LogP contribution < -0.4 is 5.73 Å². The van der Waals surface area contributed by atoms with Crippen LogP contribution in [-0.2, 0) is 4.79 Å². The molecule has 0 spiro atoms. The third-order valence-corrected chi connectivity index (χ3v) is 3.76. The van der Waals surface area contributed by atoms with Gasteiger partial charge in [0.15, 0.2) is 0 Å². The van der Waals surface area contributed by atoms with Crippen LogP contribution in [0.1, 0.15) is 23.2 Å². The van der Waals surface area contributed by atoms with Gasteiger partial charge in [0.05, 0.1) is 11.5 Å². The van der Waals surface area contributed by atoms with Crippen LogP contribution in [0.4, 0.5) is 4.39 Å². The highest BCUT2D eigenvalue weighted by Crippen LogP contribution is 2.21. The largest absolute Gasteiger partial charge is 0.369 e. The van der Waals surface area contributed by atoms with Crippen LogP contribution in [0, 0.1) is 11.7 Å². The van der Waals surface area contributed by atoms with Gasteiger partial charge >= 0.3 is 0 Å². The maximum absolute atomic E-state index is 13.7.